The van der Waals surface area contributed by atoms with E-state index in [1.54, 1.807) is 14.2 Å². The van der Waals surface area contributed by atoms with Crippen LogP contribution in [0.2, 0.25) is 0 Å². The highest BCUT2D eigenvalue weighted by Crippen LogP contribution is 2.48. The molecule has 1 unspecified atom stereocenters. The third-order valence-electron chi connectivity index (χ3n) is 5.27. The largest absolute Gasteiger partial charge is 0.493 e. The summed E-state index contributed by atoms with van der Waals surface area (Å²) in [4.78, 5) is 1.99. The van der Waals surface area contributed by atoms with E-state index < -0.39 is 6.23 Å². The summed E-state index contributed by atoms with van der Waals surface area (Å²) in [5.41, 5.74) is 4.91. The number of hydrogen-bond donors (Lipinski definition) is 1. The van der Waals surface area contributed by atoms with Crippen LogP contribution in [0, 0.1) is 0 Å². The third kappa shape index (κ3) is 2.02. The Hall–Kier alpha value is -2.86. The molecular formula is C20H19NO5. The minimum atomic E-state index is -0.798. The van der Waals surface area contributed by atoms with E-state index in [9.17, 15) is 5.11 Å². The molecule has 3 aliphatic rings. The maximum atomic E-state index is 11.1. The fourth-order valence-electron chi connectivity index (χ4n) is 4.02. The summed E-state index contributed by atoms with van der Waals surface area (Å²) < 4.78 is 22.0. The quantitative estimate of drug-likeness (QED) is 0.896. The Morgan fingerprint density at radius 3 is 2.69 bits per heavy atom. The number of methoxy groups -OCH3 is 2. The highest BCUT2D eigenvalue weighted by molar-refractivity contribution is 5.87. The first kappa shape index (κ1) is 15.4. The van der Waals surface area contributed by atoms with E-state index in [1.807, 2.05) is 29.2 Å². The lowest BCUT2D eigenvalue weighted by molar-refractivity contribution is 0.0394. The molecule has 0 radical (unpaired) electrons. The molecule has 0 bridgehead atoms. The van der Waals surface area contributed by atoms with Gasteiger partial charge < -0.3 is 29.0 Å². The summed E-state index contributed by atoms with van der Waals surface area (Å²) >= 11 is 0. The van der Waals surface area contributed by atoms with E-state index in [1.165, 1.54) is 5.56 Å². The van der Waals surface area contributed by atoms with E-state index in [4.69, 9.17) is 18.9 Å². The van der Waals surface area contributed by atoms with Crippen LogP contribution in [0.15, 0.2) is 24.3 Å². The number of rotatable bonds is 2. The smallest absolute Gasteiger partial charge is 0.231 e. The van der Waals surface area contributed by atoms with Crippen LogP contribution >= 0.6 is 0 Å². The van der Waals surface area contributed by atoms with Crippen molar-refractivity contribution in [2.75, 3.05) is 27.6 Å². The average molecular weight is 353 g/mol. The fourth-order valence-corrected chi connectivity index (χ4v) is 4.02. The van der Waals surface area contributed by atoms with E-state index in [0.717, 1.165) is 40.3 Å². The Balaban J connectivity index is 1.70. The molecule has 2 aromatic carbocycles. The Labute approximate surface area is 151 Å². The van der Waals surface area contributed by atoms with Crippen molar-refractivity contribution in [3.05, 3.63) is 46.5 Å². The van der Waals surface area contributed by atoms with Crippen molar-refractivity contribution in [1.29, 1.82) is 0 Å². The van der Waals surface area contributed by atoms with Crippen LogP contribution in [0.4, 0.5) is 0 Å². The molecule has 26 heavy (non-hydrogen) atoms. The second kappa shape index (κ2) is 5.57. The van der Waals surface area contributed by atoms with Crippen LogP contribution in [-0.2, 0) is 6.42 Å². The van der Waals surface area contributed by atoms with Gasteiger partial charge >= 0.3 is 0 Å². The summed E-state index contributed by atoms with van der Waals surface area (Å²) in [6.45, 7) is 0.961. The van der Waals surface area contributed by atoms with Crippen molar-refractivity contribution < 1.29 is 24.1 Å². The zero-order valence-electron chi connectivity index (χ0n) is 14.6. The van der Waals surface area contributed by atoms with Gasteiger partial charge in [0.15, 0.2) is 29.2 Å². The highest BCUT2D eigenvalue weighted by atomic mass is 16.7. The Bertz CT molecular complexity index is 936. The molecule has 3 aliphatic heterocycles. The molecule has 1 N–H and O–H groups in total. The van der Waals surface area contributed by atoms with Crippen LogP contribution < -0.4 is 18.9 Å². The van der Waals surface area contributed by atoms with Gasteiger partial charge in [-0.05, 0) is 41.8 Å². The second-order valence-corrected chi connectivity index (χ2v) is 6.51. The first-order valence-electron chi connectivity index (χ1n) is 8.55. The minimum Gasteiger partial charge on any atom is -0.493 e. The molecule has 6 heteroatoms. The van der Waals surface area contributed by atoms with Crippen molar-refractivity contribution in [3.63, 3.8) is 0 Å². The predicted octanol–water partition coefficient (Wildman–Crippen LogP) is 2.79. The summed E-state index contributed by atoms with van der Waals surface area (Å²) in [5, 5.41) is 11.1. The summed E-state index contributed by atoms with van der Waals surface area (Å²) in [6, 6.07) is 7.87. The van der Waals surface area contributed by atoms with Gasteiger partial charge in [-0.25, -0.2) is 0 Å². The molecule has 1 atom stereocenters. The Kier molecular flexibility index (Phi) is 3.30. The van der Waals surface area contributed by atoms with Crippen LogP contribution in [0.25, 0.3) is 11.8 Å². The molecule has 2 aromatic rings. The number of hydrogen-bond acceptors (Lipinski definition) is 6. The van der Waals surface area contributed by atoms with Crippen molar-refractivity contribution >= 4 is 11.8 Å². The van der Waals surface area contributed by atoms with Crippen LogP contribution in [0.5, 0.6) is 23.0 Å². The number of ether oxygens (including phenoxy) is 4. The van der Waals surface area contributed by atoms with Crippen molar-refractivity contribution in [1.82, 2.24) is 4.90 Å². The zero-order valence-corrected chi connectivity index (χ0v) is 14.6. The number of benzene rings is 2. The van der Waals surface area contributed by atoms with Crippen LogP contribution in [0.1, 0.15) is 28.5 Å². The molecule has 6 nitrogen and oxygen atoms in total. The van der Waals surface area contributed by atoms with Gasteiger partial charge in [0.1, 0.15) is 0 Å². The summed E-state index contributed by atoms with van der Waals surface area (Å²) in [6.07, 6.45) is 2.11. The van der Waals surface area contributed by atoms with E-state index in [2.05, 4.69) is 6.08 Å². The van der Waals surface area contributed by atoms with E-state index in [0.29, 0.717) is 18.0 Å². The maximum absolute atomic E-state index is 11.1. The Morgan fingerprint density at radius 1 is 1.12 bits per heavy atom. The SMILES string of the molecule is COc1ccc2c(c1OC)C(O)N1CCc3cc4c(cc3C1=C2)OCO4. The molecule has 5 rings (SSSR count). The lowest BCUT2D eigenvalue weighted by Crippen LogP contribution is -2.35. The van der Waals surface area contributed by atoms with Crippen molar-refractivity contribution in [2.45, 2.75) is 12.6 Å². The van der Waals surface area contributed by atoms with Gasteiger partial charge in [0.2, 0.25) is 6.79 Å². The molecule has 3 heterocycles. The molecule has 0 saturated carbocycles. The fraction of sp³-hybridized carbons (Fsp3) is 0.300. The monoisotopic (exact) mass is 353 g/mol. The van der Waals surface area contributed by atoms with Gasteiger partial charge in [-0.3, -0.25) is 0 Å². The summed E-state index contributed by atoms with van der Waals surface area (Å²) in [7, 11) is 3.19. The molecule has 134 valence electrons. The number of aliphatic hydroxyl groups excluding tert-OH is 1. The van der Waals surface area contributed by atoms with Crippen LogP contribution in [-0.4, -0.2) is 37.6 Å². The third-order valence-corrected chi connectivity index (χ3v) is 5.27. The lowest BCUT2D eigenvalue weighted by Gasteiger charge is -2.40. The topological polar surface area (TPSA) is 60.4 Å². The lowest BCUT2D eigenvalue weighted by atomic mass is 9.89. The molecule has 0 spiro atoms. The first-order valence-corrected chi connectivity index (χ1v) is 8.55. The molecular weight excluding hydrogens is 334 g/mol. The van der Waals surface area contributed by atoms with Gasteiger partial charge in [-0.1, -0.05) is 6.07 Å². The number of aliphatic hydroxyl groups is 1. The Morgan fingerprint density at radius 2 is 1.92 bits per heavy atom. The first-order chi connectivity index (χ1) is 12.7. The average Bonchev–Trinajstić information content (AvgIpc) is 3.12. The second-order valence-electron chi connectivity index (χ2n) is 6.51. The van der Waals surface area contributed by atoms with Gasteiger partial charge in [0.05, 0.1) is 19.8 Å². The minimum absolute atomic E-state index is 0.253. The molecule has 0 saturated heterocycles. The molecule has 0 fully saturated rings. The van der Waals surface area contributed by atoms with Gasteiger partial charge in [-0.15, -0.1) is 0 Å². The van der Waals surface area contributed by atoms with Gasteiger partial charge in [-0.2, -0.15) is 0 Å². The van der Waals surface area contributed by atoms with E-state index >= 15 is 0 Å². The van der Waals surface area contributed by atoms with Gasteiger partial charge in [0, 0.05) is 17.8 Å². The zero-order chi connectivity index (χ0) is 17.8. The van der Waals surface area contributed by atoms with E-state index in [-0.39, 0.29) is 6.79 Å². The van der Waals surface area contributed by atoms with Gasteiger partial charge in [0.25, 0.3) is 0 Å². The van der Waals surface area contributed by atoms with Crippen molar-refractivity contribution in [3.8, 4) is 23.0 Å². The number of nitrogens with zero attached hydrogens (tertiary/aromatic N) is 1. The maximum Gasteiger partial charge on any atom is 0.231 e. The highest BCUT2D eigenvalue weighted by Gasteiger charge is 2.35. The standard InChI is InChI=1S/C20H19NO5/c1-23-15-4-3-12-7-14-13-9-17-16(25-10-26-17)8-11(13)5-6-21(14)20(22)18(12)19(15)24-2/h3-4,7-9,20,22H,5-6,10H2,1-2H3. The molecule has 0 amide bonds. The summed E-state index contributed by atoms with van der Waals surface area (Å²) in [5.74, 6) is 2.73. The molecule has 0 aromatic heterocycles. The van der Waals surface area contributed by atoms with Crippen LogP contribution in [0.3, 0.4) is 0 Å². The predicted molar refractivity (Wildman–Crippen MR) is 95.4 cm³/mol. The van der Waals surface area contributed by atoms with Crippen molar-refractivity contribution in [2.24, 2.45) is 0 Å². The normalized spacial score (nSPS) is 19.3. The molecule has 0 aliphatic carbocycles. The number of fused-ring (bicyclic) bond motifs is 5.